The minimum absolute atomic E-state index is 0.112. The summed E-state index contributed by atoms with van der Waals surface area (Å²) in [6, 6.07) is 16.0. The van der Waals surface area contributed by atoms with E-state index in [1.54, 1.807) is 30.3 Å². The number of rotatable bonds is 7. The average molecular weight is 378 g/mol. The van der Waals surface area contributed by atoms with Gasteiger partial charge in [0.15, 0.2) is 0 Å². The van der Waals surface area contributed by atoms with Gasteiger partial charge in [-0.05, 0) is 57.2 Å². The van der Waals surface area contributed by atoms with Gasteiger partial charge in [0.1, 0.15) is 11.6 Å². The molecule has 3 aromatic rings. The van der Waals surface area contributed by atoms with Crippen LogP contribution in [0.2, 0.25) is 0 Å². The molecule has 0 amide bonds. The highest BCUT2D eigenvalue weighted by molar-refractivity contribution is 5.95. The fourth-order valence-corrected chi connectivity index (χ4v) is 2.62. The van der Waals surface area contributed by atoms with Crippen molar-refractivity contribution in [1.29, 1.82) is 0 Å². The first-order chi connectivity index (χ1) is 13.4. The van der Waals surface area contributed by atoms with Crippen LogP contribution in [-0.4, -0.2) is 27.1 Å². The van der Waals surface area contributed by atoms with Crippen molar-refractivity contribution in [1.82, 2.24) is 9.97 Å². The van der Waals surface area contributed by atoms with Crippen molar-refractivity contribution in [2.24, 2.45) is 0 Å². The molecule has 0 bridgehead atoms. The molecule has 0 spiro atoms. The van der Waals surface area contributed by atoms with Crippen molar-refractivity contribution >= 4 is 29.1 Å². The van der Waals surface area contributed by atoms with Crippen molar-refractivity contribution in [2.45, 2.75) is 26.9 Å². The standard InChI is InChI=1S/C21H22N4O3/c1-13(2)28-16-10-8-15(9-11-16)23-21-22-14(3)12-19(25-21)24-18-7-5-4-6-17(18)20(26)27/h4-13H,1-3H3,(H,26,27)(H2,22,23,24,25). The van der Waals surface area contributed by atoms with Crippen molar-refractivity contribution in [3.63, 3.8) is 0 Å². The van der Waals surface area contributed by atoms with Crippen LogP contribution in [-0.2, 0) is 0 Å². The second-order valence-electron chi connectivity index (χ2n) is 6.51. The van der Waals surface area contributed by atoms with E-state index in [9.17, 15) is 9.90 Å². The molecule has 0 aliphatic carbocycles. The van der Waals surface area contributed by atoms with Gasteiger partial charge in [0, 0.05) is 17.4 Å². The van der Waals surface area contributed by atoms with Gasteiger partial charge in [-0.2, -0.15) is 4.98 Å². The Morgan fingerprint density at radius 2 is 1.75 bits per heavy atom. The molecule has 0 fully saturated rings. The summed E-state index contributed by atoms with van der Waals surface area (Å²) < 4.78 is 5.64. The highest BCUT2D eigenvalue weighted by Gasteiger charge is 2.11. The quantitative estimate of drug-likeness (QED) is 0.545. The Hall–Kier alpha value is -3.61. The van der Waals surface area contributed by atoms with Crippen LogP contribution < -0.4 is 15.4 Å². The Labute approximate surface area is 163 Å². The Morgan fingerprint density at radius 3 is 2.43 bits per heavy atom. The summed E-state index contributed by atoms with van der Waals surface area (Å²) in [4.78, 5) is 20.2. The van der Waals surface area contributed by atoms with Crippen LogP contribution >= 0.6 is 0 Å². The van der Waals surface area contributed by atoms with E-state index < -0.39 is 5.97 Å². The van der Waals surface area contributed by atoms with Gasteiger partial charge in [-0.3, -0.25) is 0 Å². The zero-order chi connectivity index (χ0) is 20.1. The fraction of sp³-hybridized carbons (Fsp3) is 0.190. The molecule has 7 heteroatoms. The molecule has 0 aliphatic heterocycles. The van der Waals surface area contributed by atoms with Crippen molar-refractivity contribution in [3.8, 4) is 5.75 Å². The number of hydrogen-bond donors (Lipinski definition) is 3. The lowest BCUT2D eigenvalue weighted by Gasteiger charge is -2.12. The minimum Gasteiger partial charge on any atom is -0.491 e. The van der Waals surface area contributed by atoms with E-state index in [2.05, 4.69) is 20.6 Å². The number of aryl methyl sites for hydroxylation is 1. The van der Waals surface area contributed by atoms with Crippen molar-refractivity contribution in [2.75, 3.05) is 10.6 Å². The molecule has 0 saturated heterocycles. The maximum atomic E-state index is 11.4. The van der Waals surface area contributed by atoms with Crippen LogP contribution in [0.25, 0.3) is 0 Å². The lowest BCUT2D eigenvalue weighted by atomic mass is 10.2. The SMILES string of the molecule is Cc1cc(Nc2ccccc2C(=O)O)nc(Nc2ccc(OC(C)C)cc2)n1. The Balaban J connectivity index is 1.79. The first-order valence-electron chi connectivity index (χ1n) is 8.89. The molecule has 0 unspecified atom stereocenters. The molecule has 3 N–H and O–H groups in total. The molecular weight excluding hydrogens is 356 g/mol. The van der Waals surface area contributed by atoms with E-state index in [1.165, 1.54) is 0 Å². The van der Waals surface area contributed by atoms with Gasteiger partial charge in [-0.25, -0.2) is 9.78 Å². The Morgan fingerprint density at radius 1 is 1.04 bits per heavy atom. The van der Waals surface area contributed by atoms with Crippen LogP contribution in [0.5, 0.6) is 5.75 Å². The number of ether oxygens (including phenoxy) is 1. The minimum atomic E-state index is -1.00. The molecule has 1 heterocycles. The second kappa shape index (κ2) is 8.39. The lowest BCUT2D eigenvalue weighted by molar-refractivity contribution is 0.0698. The van der Waals surface area contributed by atoms with E-state index in [-0.39, 0.29) is 11.7 Å². The molecule has 3 rings (SSSR count). The zero-order valence-corrected chi connectivity index (χ0v) is 15.9. The maximum Gasteiger partial charge on any atom is 0.337 e. The first-order valence-corrected chi connectivity index (χ1v) is 8.89. The van der Waals surface area contributed by atoms with Crippen LogP contribution in [0, 0.1) is 6.92 Å². The third-order valence-electron chi connectivity index (χ3n) is 3.76. The molecular formula is C21H22N4O3. The average Bonchev–Trinajstić information content (AvgIpc) is 2.63. The number of carboxylic acids is 1. The van der Waals surface area contributed by atoms with Gasteiger partial charge in [0.25, 0.3) is 0 Å². The van der Waals surface area contributed by atoms with Crippen LogP contribution in [0.1, 0.15) is 29.9 Å². The van der Waals surface area contributed by atoms with Gasteiger partial charge in [-0.1, -0.05) is 12.1 Å². The zero-order valence-electron chi connectivity index (χ0n) is 15.9. The predicted octanol–water partition coefficient (Wildman–Crippen LogP) is 4.76. The summed E-state index contributed by atoms with van der Waals surface area (Å²) in [7, 11) is 0. The molecule has 7 nitrogen and oxygen atoms in total. The monoisotopic (exact) mass is 378 g/mol. The number of carbonyl (C=O) groups is 1. The molecule has 2 aromatic carbocycles. The summed E-state index contributed by atoms with van der Waals surface area (Å²) in [5.41, 5.74) is 2.20. The van der Waals surface area contributed by atoms with Crippen LogP contribution in [0.4, 0.5) is 23.1 Å². The summed E-state index contributed by atoms with van der Waals surface area (Å²) >= 11 is 0. The highest BCUT2D eigenvalue weighted by Crippen LogP contribution is 2.23. The third kappa shape index (κ3) is 4.97. The summed E-state index contributed by atoms with van der Waals surface area (Å²) in [5.74, 6) is 0.700. The lowest BCUT2D eigenvalue weighted by Crippen LogP contribution is -2.06. The Bertz CT molecular complexity index is 972. The molecule has 0 saturated carbocycles. The van der Waals surface area contributed by atoms with Gasteiger partial charge in [0.2, 0.25) is 5.95 Å². The largest absolute Gasteiger partial charge is 0.491 e. The number of benzene rings is 2. The van der Waals surface area contributed by atoms with Crippen LogP contribution in [0.3, 0.4) is 0 Å². The normalized spacial score (nSPS) is 10.6. The predicted molar refractivity (Wildman–Crippen MR) is 109 cm³/mol. The van der Waals surface area contributed by atoms with E-state index in [0.29, 0.717) is 17.5 Å². The summed E-state index contributed by atoms with van der Waals surface area (Å²) in [6.45, 7) is 5.80. The van der Waals surface area contributed by atoms with E-state index in [0.717, 1.165) is 17.1 Å². The summed E-state index contributed by atoms with van der Waals surface area (Å²) in [5, 5.41) is 15.5. The maximum absolute atomic E-state index is 11.4. The number of hydrogen-bond acceptors (Lipinski definition) is 6. The van der Waals surface area contributed by atoms with Gasteiger partial charge >= 0.3 is 5.97 Å². The molecule has 144 valence electrons. The van der Waals surface area contributed by atoms with Gasteiger partial charge < -0.3 is 20.5 Å². The number of aromatic carboxylic acids is 1. The van der Waals surface area contributed by atoms with Crippen molar-refractivity contribution < 1.29 is 14.6 Å². The van der Waals surface area contributed by atoms with Crippen molar-refractivity contribution in [3.05, 3.63) is 65.9 Å². The van der Waals surface area contributed by atoms with E-state index >= 15 is 0 Å². The number of nitrogens with one attached hydrogen (secondary N) is 2. The summed E-state index contributed by atoms with van der Waals surface area (Å²) in [6.07, 6.45) is 0.112. The fourth-order valence-electron chi connectivity index (χ4n) is 2.62. The molecule has 28 heavy (non-hydrogen) atoms. The number of carboxylic acid groups (broad SMARTS) is 1. The van der Waals surface area contributed by atoms with Gasteiger partial charge in [-0.15, -0.1) is 0 Å². The topological polar surface area (TPSA) is 96.4 Å². The third-order valence-corrected chi connectivity index (χ3v) is 3.76. The Kier molecular flexibility index (Phi) is 5.74. The van der Waals surface area contributed by atoms with Crippen LogP contribution in [0.15, 0.2) is 54.6 Å². The number of para-hydroxylation sites is 1. The molecule has 0 aliphatic rings. The molecule has 0 radical (unpaired) electrons. The smallest absolute Gasteiger partial charge is 0.337 e. The molecule has 0 atom stereocenters. The molecule has 1 aromatic heterocycles. The van der Waals surface area contributed by atoms with Gasteiger partial charge in [0.05, 0.1) is 17.4 Å². The first kappa shape index (κ1) is 19.2. The number of aromatic nitrogens is 2. The highest BCUT2D eigenvalue weighted by atomic mass is 16.5. The van der Waals surface area contributed by atoms with E-state index in [1.807, 2.05) is 45.0 Å². The number of anilines is 4. The number of nitrogens with zero attached hydrogens (tertiary/aromatic N) is 2. The second-order valence-corrected chi connectivity index (χ2v) is 6.51. The van der Waals surface area contributed by atoms with E-state index in [4.69, 9.17) is 4.74 Å².